The number of nitrogens with zero attached hydrogens (tertiary/aromatic N) is 7. The van der Waals surface area contributed by atoms with Crippen LogP contribution in [0.2, 0.25) is 0 Å². The van der Waals surface area contributed by atoms with Crippen LogP contribution >= 0.6 is 0 Å². The summed E-state index contributed by atoms with van der Waals surface area (Å²) in [6, 6.07) is 17.3. The van der Waals surface area contributed by atoms with E-state index in [0.29, 0.717) is 0 Å². The van der Waals surface area contributed by atoms with Crippen LogP contribution in [0.15, 0.2) is 60.8 Å². The molecule has 3 aliphatic rings. The highest BCUT2D eigenvalue weighted by Crippen LogP contribution is 2.35. The molecule has 0 radical (unpaired) electrons. The normalized spacial score (nSPS) is 20.6. The average Bonchev–Trinajstić information content (AvgIpc) is 3.60. The Morgan fingerprint density at radius 1 is 0.923 bits per heavy atom. The molecule has 39 heavy (non-hydrogen) atoms. The number of piperazine rings is 1. The fourth-order valence-electron chi connectivity index (χ4n) is 6.15. The van der Waals surface area contributed by atoms with Crippen molar-refractivity contribution in [3.8, 4) is 11.4 Å². The van der Waals surface area contributed by atoms with Crippen LogP contribution in [0.5, 0.6) is 0 Å². The van der Waals surface area contributed by atoms with Crippen LogP contribution in [0.4, 0.5) is 16.0 Å². The quantitative estimate of drug-likeness (QED) is 0.391. The summed E-state index contributed by atoms with van der Waals surface area (Å²) >= 11 is 0. The third-order valence-electron chi connectivity index (χ3n) is 8.54. The van der Waals surface area contributed by atoms with Gasteiger partial charge in [-0.1, -0.05) is 18.2 Å². The van der Waals surface area contributed by atoms with Crippen LogP contribution < -0.4 is 15.1 Å². The number of rotatable bonds is 7. The first-order chi connectivity index (χ1) is 19.2. The molecule has 1 atom stereocenters. The van der Waals surface area contributed by atoms with E-state index in [2.05, 4.69) is 37.1 Å². The number of fused-ring (bicyclic) bond motifs is 1. The summed E-state index contributed by atoms with van der Waals surface area (Å²) < 4.78 is 15.9. The van der Waals surface area contributed by atoms with E-state index in [4.69, 9.17) is 10.1 Å². The van der Waals surface area contributed by atoms with Crippen LogP contribution in [-0.2, 0) is 0 Å². The second kappa shape index (κ2) is 10.5. The zero-order valence-corrected chi connectivity index (χ0v) is 22.2. The van der Waals surface area contributed by atoms with Gasteiger partial charge in [0.2, 0.25) is 0 Å². The van der Waals surface area contributed by atoms with Gasteiger partial charge in [-0.15, -0.1) is 5.10 Å². The van der Waals surface area contributed by atoms with Crippen molar-refractivity contribution in [2.75, 3.05) is 62.2 Å². The van der Waals surface area contributed by atoms with Gasteiger partial charge in [-0.25, -0.2) is 18.9 Å². The van der Waals surface area contributed by atoms with E-state index in [-0.39, 0.29) is 11.9 Å². The summed E-state index contributed by atoms with van der Waals surface area (Å²) in [4.78, 5) is 16.9. The zero-order chi connectivity index (χ0) is 26.2. The number of halogens is 1. The Balaban J connectivity index is 1.10. The third-order valence-corrected chi connectivity index (χ3v) is 8.54. The first-order valence-electron chi connectivity index (χ1n) is 14.2. The van der Waals surface area contributed by atoms with Crippen molar-refractivity contribution in [3.63, 3.8) is 0 Å². The highest BCUT2D eigenvalue weighted by Gasteiger charge is 2.28. The number of nitrogens with one attached hydrogen (secondary N) is 1. The molecule has 3 aliphatic heterocycles. The van der Waals surface area contributed by atoms with E-state index in [1.54, 1.807) is 12.1 Å². The van der Waals surface area contributed by atoms with Crippen LogP contribution in [0, 0.1) is 11.7 Å². The van der Waals surface area contributed by atoms with Gasteiger partial charge in [0.25, 0.3) is 0 Å². The molecule has 202 valence electrons. The van der Waals surface area contributed by atoms with Gasteiger partial charge in [-0.2, -0.15) is 0 Å². The standard InChI is InChI=1S/C30H35FN8/c31-24-5-1-4-23(18-24)26-7-3-12-38(26)30-10-9-28-33-21-27(39(28)35-30)25-6-2-8-29(34-25)37-16-14-36(15-17-37)13-11-22-19-32-20-22/h1-2,4-6,8-10,18,21-22,26,32H,3,7,11-17,19-20H2/t26-/m1/s1. The minimum Gasteiger partial charge on any atom is -0.354 e. The fraction of sp³-hybridized carbons (Fsp3) is 0.433. The lowest BCUT2D eigenvalue weighted by Gasteiger charge is -2.37. The fourth-order valence-corrected chi connectivity index (χ4v) is 6.15. The molecular weight excluding hydrogens is 491 g/mol. The van der Waals surface area contributed by atoms with Crippen LogP contribution in [0.3, 0.4) is 0 Å². The third kappa shape index (κ3) is 4.96. The molecule has 3 saturated heterocycles. The Labute approximate surface area is 228 Å². The van der Waals surface area contributed by atoms with E-state index in [0.717, 1.165) is 85.7 Å². The Hall–Kier alpha value is -3.56. The van der Waals surface area contributed by atoms with Crippen molar-refractivity contribution in [3.05, 3.63) is 72.2 Å². The number of pyridine rings is 1. The number of hydrogen-bond donors (Lipinski definition) is 1. The van der Waals surface area contributed by atoms with Gasteiger partial charge in [-0.05, 0) is 86.8 Å². The summed E-state index contributed by atoms with van der Waals surface area (Å²) in [5, 5.41) is 8.38. The molecule has 8 nitrogen and oxygen atoms in total. The molecule has 0 saturated carbocycles. The summed E-state index contributed by atoms with van der Waals surface area (Å²) in [6.45, 7) is 8.59. The van der Waals surface area contributed by atoms with Gasteiger partial charge in [0.05, 0.1) is 17.9 Å². The van der Waals surface area contributed by atoms with E-state index in [1.807, 2.05) is 35.0 Å². The first-order valence-corrected chi connectivity index (χ1v) is 14.2. The maximum atomic E-state index is 14.0. The molecule has 6 heterocycles. The molecular formula is C30H35FN8. The second-order valence-electron chi connectivity index (χ2n) is 11.0. The Kier molecular flexibility index (Phi) is 6.62. The largest absolute Gasteiger partial charge is 0.354 e. The van der Waals surface area contributed by atoms with Crippen molar-refractivity contribution in [1.82, 2.24) is 29.8 Å². The van der Waals surface area contributed by atoms with E-state index in [1.165, 1.54) is 32.1 Å². The van der Waals surface area contributed by atoms with Crippen molar-refractivity contribution in [2.45, 2.75) is 25.3 Å². The molecule has 0 bridgehead atoms. The lowest BCUT2D eigenvalue weighted by Crippen LogP contribution is -2.49. The van der Waals surface area contributed by atoms with Crippen molar-refractivity contribution >= 4 is 17.3 Å². The second-order valence-corrected chi connectivity index (χ2v) is 11.0. The molecule has 7 rings (SSSR count). The van der Waals surface area contributed by atoms with Gasteiger partial charge in [0, 0.05) is 32.7 Å². The molecule has 0 spiro atoms. The lowest BCUT2D eigenvalue weighted by molar-refractivity contribution is 0.216. The molecule has 1 aromatic carbocycles. The number of aromatic nitrogens is 4. The van der Waals surface area contributed by atoms with E-state index < -0.39 is 0 Å². The highest BCUT2D eigenvalue weighted by atomic mass is 19.1. The highest BCUT2D eigenvalue weighted by molar-refractivity contribution is 5.62. The summed E-state index contributed by atoms with van der Waals surface area (Å²) in [5.74, 6) is 2.54. The van der Waals surface area contributed by atoms with Gasteiger partial charge in [0.15, 0.2) is 5.65 Å². The van der Waals surface area contributed by atoms with Crippen molar-refractivity contribution < 1.29 is 4.39 Å². The van der Waals surface area contributed by atoms with Gasteiger partial charge in [-0.3, -0.25) is 4.90 Å². The predicted molar refractivity (Wildman–Crippen MR) is 152 cm³/mol. The molecule has 4 aromatic rings. The zero-order valence-electron chi connectivity index (χ0n) is 22.2. The molecule has 9 heteroatoms. The summed E-state index contributed by atoms with van der Waals surface area (Å²) in [5.41, 5.74) is 3.53. The van der Waals surface area contributed by atoms with E-state index >= 15 is 0 Å². The predicted octanol–water partition coefficient (Wildman–Crippen LogP) is 4.00. The van der Waals surface area contributed by atoms with Gasteiger partial charge < -0.3 is 15.1 Å². The number of benzene rings is 1. The maximum Gasteiger partial charge on any atom is 0.154 e. The molecule has 3 aromatic heterocycles. The average molecular weight is 527 g/mol. The maximum absolute atomic E-state index is 14.0. The Bertz CT molecular complexity index is 1440. The molecule has 0 amide bonds. The van der Waals surface area contributed by atoms with Crippen LogP contribution in [-0.4, -0.2) is 76.8 Å². The summed E-state index contributed by atoms with van der Waals surface area (Å²) in [7, 11) is 0. The molecule has 0 unspecified atom stereocenters. The minimum absolute atomic E-state index is 0.114. The lowest BCUT2D eigenvalue weighted by atomic mass is 9.99. The van der Waals surface area contributed by atoms with Crippen molar-refractivity contribution in [2.24, 2.45) is 5.92 Å². The molecule has 1 N–H and O–H groups in total. The monoisotopic (exact) mass is 526 g/mol. The topological polar surface area (TPSA) is 64.8 Å². The van der Waals surface area contributed by atoms with Crippen LogP contribution in [0.25, 0.3) is 17.0 Å². The first kappa shape index (κ1) is 24.5. The molecule has 3 fully saturated rings. The summed E-state index contributed by atoms with van der Waals surface area (Å²) in [6.07, 6.45) is 5.19. The number of imidazole rings is 1. The molecule has 0 aliphatic carbocycles. The van der Waals surface area contributed by atoms with Gasteiger partial charge in [0.1, 0.15) is 23.1 Å². The number of anilines is 2. The Morgan fingerprint density at radius 2 is 1.79 bits per heavy atom. The SMILES string of the molecule is Fc1cccc([C@H]2CCCN2c2ccc3ncc(-c4cccc(N5CCN(CCC6CNC6)CC5)n4)n3n2)c1. The van der Waals surface area contributed by atoms with Crippen molar-refractivity contribution in [1.29, 1.82) is 0 Å². The number of hydrogen-bond acceptors (Lipinski definition) is 7. The smallest absolute Gasteiger partial charge is 0.154 e. The van der Waals surface area contributed by atoms with Crippen LogP contribution in [0.1, 0.15) is 30.9 Å². The van der Waals surface area contributed by atoms with Gasteiger partial charge >= 0.3 is 0 Å². The minimum atomic E-state index is -0.196. The Morgan fingerprint density at radius 3 is 2.62 bits per heavy atom. The van der Waals surface area contributed by atoms with E-state index in [9.17, 15) is 4.39 Å².